The molecule has 1 saturated heterocycles. The minimum atomic E-state index is -0.654. The number of ether oxygens (including phenoxy) is 1. The largest absolute Gasteiger partial charge is 0.497 e. The van der Waals surface area contributed by atoms with Gasteiger partial charge >= 0.3 is 6.03 Å². The molecule has 0 spiro atoms. The van der Waals surface area contributed by atoms with Crippen LogP contribution in [0.2, 0.25) is 0 Å². The van der Waals surface area contributed by atoms with Crippen molar-refractivity contribution in [2.45, 2.75) is 19.9 Å². The van der Waals surface area contributed by atoms with Gasteiger partial charge in [0.1, 0.15) is 11.8 Å². The van der Waals surface area contributed by atoms with Crippen molar-refractivity contribution in [1.82, 2.24) is 20.2 Å². The van der Waals surface area contributed by atoms with Crippen molar-refractivity contribution in [3.63, 3.8) is 0 Å². The molecule has 3 rings (SSSR count). The minimum Gasteiger partial charge on any atom is -0.497 e. The Morgan fingerprint density at radius 1 is 1.07 bits per heavy atom. The van der Waals surface area contributed by atoms with E-state index in [4.69, 9.17) is 4.74 Å². The number of aromatic nitrogens is 2. The maximum absolute atomic E-state index is 12.8. The fourth-order valence-corrected chi connectivity index (χ4v) is 3.24. The number of hydrogen-bond donors (Lipinski definition) is 2. The quantitative estimate of drug-likeness (QED) is 0.753. The molecule has 30 heavy (non-hydrogen) atoms. The van der Waals surface area contributed by atoms with Gasteiger partial charge in [0.15, 0.2) is 0 Å². The van der Waals surface area contributed by atoms with Gasteiger partial charge in [-0.15, -0.1) is 0 Å². The molecule has 0 bridgehead atoms. The topological polar surface area (TPSA) is 99.7 Å². The zero-order valence-electron chi connectivity index (χ0n) is 17.5. The molecule has 160 valence electrons. The van der Waals surface area contributed by atoms with Crippen molar-refractivity contribution in [1.29, 1.82) is 0 Å². The van der Waals surface area contributed by atoms with Crippen molar-refractivity contribution < 1.29 is 14.3 Å². The maximum Gasteiger partial charge on any atom is 0.318 e. The van der Waals surface area contributed by atoms with E-state index in [0.717, 1.165) is 0 Å². The van der Waals surface area contributed by atoms with Crippen LogP contribution in [0.1, 0.15) is 13.8 Å². The molecule has 1 aromatic heterocycles. The number of amides is 3. The van der Waals surface area contributed by atoms with Crippen LogP contribution in [0.3, 0.4) is 0 Å². The Morgan fingerprint density at radius 2 is 1.77 bits per heavy atom. The Labute approximate surface area is 176 Å². The summed E-state index contributed by atoms with van der Waals surface area (Å²) in [5.41, 5.74) is 0.621. The summed E-state index contributed by atoms with van der Waals surface area (Å²) < 4.78 is 5.19. The average molecular weight is 412 g/mol. The number of nitrogens with one attached hydrogen (secondary N) is 2. The minimum absolute atomic E-state index is 0.0708. The van der Waals surface area contributed by atoms with Crippen molar-refractivity contribution in [2.75, 3.05) is 43.5 Å². The number of nitrogens with zero attached hydrogens (tertiary/aromatic N) is 4. The second-order valence-corrected chi connectivity index (χ2v) is 7.42. The van der Waals surface area contributed by atoms with E-state index in [-0.39, 0.29) is 17.9 Å². The fourth-order valence-electron chi connectivity index (χ4n) is 3.24. The van der Waals surface area contributed by atoms with E-state index in [1.807, 2.05) is 18.7 Å². The highest BCUT2D eigenvalue weighted by atomic mass is 16.5. The monoisotopic (exact) mass is 412 g/mol. The van der Waals surface area contributed by atoms with E-state index in [0.29, 0.717) is 43.6 Å². The van der Waals surface area contributed by atoms with Crippen LogP contribution in [-0.4, -0.2) is 66.1 Å². The van der Waals surface area contributed by atoms with Crippen LogP contribution < -0.4 is 20.3 Å². The molecular formula is C21H28N6O3. The van der Waals surface area contributed by atoms with E-state index in [2.05, 4.69) is 20.6 Å². The highest BCUT2D eigenvalue weighted by Gasteiger charge is 2.28. The van der Waals surface area contributed by atoms with E-state index < -0.39 is 6.04 Å². The summed E-state index contributed by atoms with van der Waals surface area (Å²) in [4.78, 5) is 37.8. The normalized spacial score (nSPS) is 14.9. The number of carbonyl (C=O) groups is 2. The number of rotatable bonds is 6. The smallest absolute Gasteiger partial charge is 0.318 e. The summed E-state index contributed by atoms with van der Waals surface area (Å²) in [5, 5.41) is 5.74. The van der Waals surface area contributed by atoms with Crippen molar-refractivity contribution in [2.24, 2.45) is 5.92 Å². The summed E-state index contributed by atoms with van der Waals surface area (Å²) in [7, 11) is 1.57. The second-order valence-electron chi connectivity index (χ2n) is 7.42. The molecule has 0 unspecified atom stereocenters. The first-order valence-corrected chi connectivity index (χ1v) is 10.00. The van der Waals surface area contributed by atoms with E-state index >= 15 is 0 Å². The van der Waals surface area contributed by atoms with Gasteiger partial charge in [-0.2, -0.15) is 0 Å². The maximum atomic E-state index is 12.8. The summed E-state index contributed by atoms with van der Waals surface area (Å²) in [5.74, 6) is 0.981. The zero-order valence-corrected chi connectivity index (χ0v) is 17.5. The molecule has 9 heteroatoms. The van der Waals surface area contributed by atoms with Crippen molar-refractivity contribution in [3.8, 4) is 5.75 Å². The van der Waals surface area contributed by atoms with Crippen LogP contribution in [0.5, 0.6) is 5.75 Å². The van der Waals surface area contributed by atoms with Gasteiger partial charge in [-0.1, -0.05) is 19.9 Å². The van der Waals surface area contributed by atoms with Gasteiger partial charge in [0, 0.05) is 50.3 Å². The van der Waals surface area contributed by atoms with Crippen LogP contribution in [0.15, 0.2) is 42.7 Å². The Hall–Kier alpha value is -3.36. The number of benzene rings is 1. The van der Waals surface area contributed by atoms with E-state index in [1.54, 1.807) is 54.7 Å². The van der Waals surface area contributed by atoms with Gasteiger partial charge in [0.2, 0.25) is 11.9 Å². The van der Waals surface area contributed by atoms with Crippen LogP contribution in [0, 0.1) is 5.92 Å². The first kappa shape index (κ1) is 21.4. The summed E-state index contributed by atoms with van der Waals surface area (Å²) >= 11 is 0. The number of hydrogen-bond acceptors (Lipinski definition) is 6. The molecule has 1 aliphatic rings. The SMILES string of the molecule is COc1cccc(NC(=O)[C@@H](NC(=O)N2CCN(c3ncccn3)CC2)C(C)C)c1. The molecule has 0 saturated carbocycles. The van der Waals surface area contributed by atoms with Crippen LogP contribution >= 0.6 is 0 Å². The number of piperazine rings is 1. The standard InChI is InChI=1S/C21H28N6O3/c1-15(2)18(19(28)24-16-6-4-7-17(14-16)30-3)25-21(29)27-12-10-26(11-13-27)20-22-8-5-9-23-20/h4-9,14-15,18H,10-13H2,1-3H3,(H,24,28)(H,25,29)/t18-/m0/s1. The third-order valence-corrected chi connectivity index (χ3v) is 4.97. The second kappa shape index (κ2) is 9.91. The molecule has 0 radical (unpaired) electrons. The lowest BCUT2D eigenvalue weighted by atomic mass is 10.0. The Kier molecular flexibility index (Phi) is 7.05. The molecule has 1 fully saturated rings. The van der Waals surface area contributed by atoms with Gasteiger partial charge in [-0.3, -0.25) is 4.79 Å². The summed E-state index contributed by atoms with van der Waals surface area (Å²) in [6.45, 7) is 6.15. The van der Waals surface area contributed by atoms with Crippen LogP contribution in [-0.2, 0) is 4.79 Å². The number of urea groups is 1. The molecule has 3 amide bonds. The summed E-state index contributed by atoms with van der Waals surface area (Å²) in [6, 6.07) is 8.00. The van der Waals surface area contributed by atoms with E-state index in [9.17, 15) is 9.59 Å². The first-order chi connectivity index (χ1) is 14.5. The van der Waals surface area contributed by atoms with Gasteiger partial charge in [0.05, 0.1) is 7.11 Å². The Bertz CT molecular complexity index is 853. The van der Waals surface area contributed by atoms with E-state index in [1.165, 1.54) is 0 Å². The lowest BCUT2D eigenvalue weighted by molar-refractivity contribution is -0.118. The molecule has 0 aliphatic carbocycles. The predicted molar refractivity (Wildman–Crippen MR) is 115 cm³/mol. The predicted octanol–water partition coefficient (Wildman–Crippen LogP) is 1.98. The van der Waals surface area contributed by atoms with Gasteiger partial charge in [0.25, 0.3) is 0 Å². The number of anilines is 2. The lowest BCUT2D eigenvalue weighted by Gasteiger charge is -2.35. The Morgan fingerprint density at radius 3 is 2.40 bits per heavy atom. The Balaban J connectivity index is 1.57. The third kappa shape index (κ3) is 5.37. The highest BCUT2D eigenvalue weighted by Crippen LogP contribution is 2.18. The molecule has 2 aromatic rings. The fraction of sp³-hybridized carbons (Fsp3) is 0.429. The lowest BCUT2D eigenvalue weighted by Crippen LogP contribution is -2.56. The molecule has 1 atom stereocenters. The first-order valence-electron chi connectivity index (χ1n) is 10.00. The average Bonchev–Trinajstić information content (AvgIpc) is 2.77. The van der Waals surface area contributed by atoms with Gasteiger partial charge in [-0.25, -0.2) is 14.8 Å². The summed E-state index contributed by atoms with van der Waals surface area (Å²) in [6.07, 6.45) is 3.41. The van der Waals surface area contributed by atoms with Gasteiger partial charge in [-0.05, 0) is 24.1 Å². The molecule has 9 nitrogen and oxygen atoms in total. The number of carbonyl (C=O) groups excluding carboxylic acids is 2. The molecular weight excluding hydrogens is 384 g/mol. The third-order valence-electron chi connectivity index (χ3n) is 4.97. The van der Waals surface area contributed by atoms with Crippen molar-refractivity contribution in [3.05, 3.63) is 42.7 Å². The zero-order chi connectivity index (χ0) is 21.5. The van der Waals surface area contributed by atoms with Crippen molar-refractivity contribution >= 4 is 23.6 Å². The molecule has 2 heterocycles. The highest BCUT2D eigenvalue weighted by molar-refractivity contribution is 5.97. The molecule has 1 aliphatic heterocycles. The number of methoxy groups -OCH3 is 1. The molecule has 1 aromatic carbocycles. The van der Waals surface area contributed by atoms with Crippen LogP contribution in [0.25, 0.3) is 0 Å². The van der Waals surface area contributed by atoms with Gasteiger partial charge < -0.3 is 25.2 Å². The van der Waals surface area contributed by atoms with Crippen LogP contribution in [0.4, 0.5) is 16.4 Å². The molecule has 2 N–H and O–H groups in total.